The maximum absolute atomic E-state index is 12.0. The highest BCUT2D eigenvalue weighted by Crippen LogP contribution is 2.14. The summed E-state index contributed by atoms with van der Waals surface area (Å²) in [4.78, 5) is 17.5. The molecule has 0 bridgehead atoms. The molecule has 1 amide bonds. The summed E-state index contributed by atoms with van der Waals surface area (Å²) in [5.41, 5.74) is 0.538. The van der Waals surface area contributed by atoms with Crippen molar-refractivity contribution in [2.24, 2.45) is 0 Å². The molecule has 0 aliphatic heterocycles. The third-order valence-electron chi connectivity index (χ3n) is 2.22. The van der Waals surface area contributed by atoms with Crippen LogP contribution in [-0.4, -0.2) is 40.6 Å². The molecule has 1 heterocycles. The van der Waals surface area contributed by atoms with Gasteiger partial charge in [-0.3, -0.25) is 4.79 Å². The predicted octanol–water partition coefficient (Wildman–Crippen LogP) is 1.69. The number of rotatable bonds is 4. The molecule has 1 unspecified atom stereocenters. The number of aliphatic hydroxyl groups excluding tert-OH is 1. The topological polar surface area (TPSA) is 53.4 Å². The molecule has 4 nitrogen and oxygen atoms in total. The summed E-state index contributed by atoms with van der Waals surface area (Å²) in [5, 5.41) is 9.15. The number of nitrogens with zero attached hydrogens (tertiary/aromatic N) is 2. The number of aliphatic hydroxyl groups is 1. The molecule has 1 N–H and O–H groups in total. The van der Waals surface area contributed by atoms with Crippen molar-refractivity contribution in [1.82, 2.24) is 9.88 Å². The molecule has 0 saturated heterocycles. The summed E-state index contributed by atoms with van der Waals surface area (Å²) >= 11 is 3.24. The number of pyridine rings is 1. The van der Waals surface area contributed by atoms with Crippen molar-refractivity contribution in [1.29, 1.82) is 0 Å². The van der Waals surface area contributed by atoms with Crippen LogP contribution in [0.4, 0.5) is 0 Å². The lowest BCUT2D eigenvalue weighted by Crippen LogP contribution is -2.29. The van der Waals surface area contributed by atoms with Crippen molar-refractivity contribution in [2.75, 3.05) is 13.6 Å². The second kappa shape index (κ2) is 5.96. The van der Waals surface area contributed by atoms with Crippen LogP contribution in [0.15, 0.2) is 22.9 Å². The molecule has 0 saturated carbocycles. The van der Waals surface area contributed by atoms with Crippen molar-refractivity contribution in [3.8, 4) is 0 Å². The molecule has 0 radical (unpaired) electrons. The molecule has 1 aromatic heterocycles. The molecule has 0 aromatic carbocycles. The zero-order chi connectivity index (χ0) is 12.1. The van der Waals surface area contributed by atoms with Gasteiger partial charge in [0.05, 0.1) is 11.7 Å². The molecular formula is C11H15BrN2O2. The Balaban J connectivity index is 2.67. The van der Waals surface area contributed by atoms with Gasteiger partial charge in [0.1, 0.15) is 4.60 Å². The smallest absolute Gasteiger partial charge is 0.256 e. The maximum atomic E-state index is 12.0. The first-order chi connectivity index (χ1) is 7.52. The van der Waals surface area contributed by atoms with Crippen LogP contribution in [0, 0.1) is 0 Å². The minimum absolute atomic E-state index is 0.0966. The zero-order valence-electron chi connectivity index (χ0n) is 9.35. The van der Waals surface area contributed by atoms with E-state index >= 15 is 0 Å². The van der Waals surface area contributed by atoms with E-state index in [4.69, 9.17) is 5.11 Å². The van der Waals surface area contributed by atoms with Crippen LogP contribution in [0.25, 0.3) is 0 Å². The molecular weight excluding hydrogens is 272 g/mol. The Kier molecular flexibility index (Phi) is 4.89. The molecule has 1 rings (SSSR count). The Morgan fingerprint density at radius 3 is 2.94 bits per heavy atom. The fraction of sp³-hybridized carbons (Fsp3) is 0.455. The lowest BCUT2D eigenvalue weighted by Gasteiger charge is -2.18. The Labute approximate surface area is 103 Å². The molecule has 0 aliphatic rings. The predicted molar refractivity (Wildman–Crippen MR) is 65.2 cm³/mol. The van der Waals surface area contributed by atoms with Gasteiger partial charge in [0.2, 0.25) is 0 Å². The van der Waals surface area contributed by atoms with E-state index in [1.165, 1.54) is 0 Å². The second-order valence-corrected chi connectivity index (χ2v) is 4.46. The van der Waals surface area contributed by atoms with Crippen LogP contribution in [0.5, 0.6) is 0 Å². The van der Waals surface area contributed by atoms with Gasteiger partial charge in [0.25, 0.3) is 5.91 Å². The summed E-state index contributed by atoms with van der Waals surface area (Å²) in [5.74, 6) is -0.0966. The Morgan fingerprint density at radius 2 is 2.38 bits per heavy atom. The van der Waals surface area contributed by atoms with Gasteiger partial charge in [0.15, 0.2) is 0 Å². The number of hydrogen-bond acceptors (Lipinski definition) is 3. The molecule has 0 fully saturated rings. The second-order valence-electron chi connectivity index (χ2n) is 3.71. The number of amides is 1. The quantitative estimate of drug-likeness (QED) is 0.857. The van der Waals surface area contributed by atoms with Gasteiger partial charge < -0.3 is 10.0 Å². The number of halogens is 1. The first-order valence-corrected chi connectivity index (χ1v) is 5.85. The van der Waals surface area contributed by atoms with Crippen LogP contribution in [-0.2, 0) is 0 Å². The zero-order valence-corrected chi connectivity index (χ0v) is 10.9. The van der Waals surface area contributed by atoms with Crippen LogP contribution in [0.2, 0.25) is 0 Å². The molecule has 5 heteroatoms. The highest BCUT2D eigenvalue weighted by molar-refractivity contribution is 9.10. The average Bonchev–Trinajstić information content (AvgIpc) is 2.25. The normalized spacial score (nSPS) is 12.2. The van der Waals surface area contributed by atoms with Gasteiger partial charge >= 0.3 is 0 Å². The van der Waals surface area contributed by atoms with Crippen molar-refractivity contribution in [3.05, 3.63) is 28.5 Å². The molecule has 1 atom stereocenters. The molecule has 0 spiro atoms. The fourth-order valence-electron chi connectivity index (χ4n) is 1.23. The van der Waals surface area contributed by atoms with E-state index in [1.54, 1.807) is 37.2 Å². The van der Waals surface area contributed by atoms with E-state index in [1.807, 2.05) is 0 Å². The number of hydrogen-bond donors (Lipinski definition) is 1. The largest absolute Gasteiger partial charge is 0.393 e. The fourth-order valence-corrected chi connectivity index (χ4v) is 1.65. The number of aromatic nitrogens is 1. The highest BCUT2D eigenvalue weighted by atomic mass is 79.9. The van der Waals surface area contributed by atoms with Gasteiger partial charge in [0, 0.05) is 19.8 Å². The molecule has 16 heavy (non-hydrogen) atoms. The summed E-state index contributed by atoms with van der Waals surface area (Å²) < 4.78 is 0.545. The Bertz CT molecular complexity index is 369. The first-order valence-electron chi connectivity index (χ1n) is 5.06. The van der Waals surface area contributed by atoms with E-state index in [9.17, 15) is 4.79 Å². The highest BCUT2D eigenvalue weighted by Gasteiger charge is 2.15. The van der Waals surface area contributed by atoms with Gasteiger partial charge in [-0.1, -0.05) is 0 Å². The van der Waals surface area contributed by atoms with Crippen LogP contribution >= 0.6 is 15.9 Å². The minimum atomic E-state index is -0.396. The van der Waals surface area contributed by atoms with E-state index in [2.05, 4.69) is 20.9 Å². The Morgan fingerprint density at radius 1 is 1.69 bits per heavy atom. The molecule has 1 aromatic rings. The van der Waals surface area contributed by atoms with Gasteiger partial charge in [-0.15, -0.1) is 0 Å². The summed E-state index contributed by atoms with van der Waals surface area (Å²) in [6, 6.07) is 3.44. The lowest BCUT2D eigenvalue weighted by atomic mass is 10.2. The van der Waals surface area contributed by atoms with Crippen molar-refractivity contribution in [3.63, 3.8) is 0 Å². The lowest BCUT2D eigenvalue weighted by molar-refractivity contribution is 0.0767. The monoisotopic (exact) mass is 286 g/mol. The van der Waals surface area contributed by atoms with Crippen LogP contribution in [0.1, 0.15) is 23.7 Å². The molecule has 88 valence electrons. The third-order valence-corrected chi connectivity index (χ3v) is 2.85. The van der Waals surface area contributed by atoms with E-state index in [-0.39, 0.29) is 5.91 Å². The van der Waals surface area contributed by atoms with Crippen LogP contribution in [0.3, 0.4) is 0 Å². The van der Waals surface area contributed by atoms with Crippen LogP contribution < -0.4 is 0 Å². The standard InChI is InChI=1S/C11H15BrN2O2/c1-8(15)5-7-14(2)11(16)9-4-3-6-13-10(9)12/h3-4,6,8,15H,5,7H2,1-2H3. The minimum Gasteiger partial charge on any atom is -0.393 e. The van der Waals surface area contributed by atoms with Gasteiger partial charge in [-0.25, -0.2) is 4.98 Å². The number of carbonyl (C=O) groups is 1. The first kappa shape index (κ1) is 13.1. The summed E-state index contributed by atoms with van der Waals surface area (Å²) in [6.45, 7) is 2.23. The number of carbonyl (C=O) groups excluding carboxylic acids is 1. The molecule has 0 aliphatic carbocycles. The summed E-state index contributed by atoms with van der Waals surface area (Å²) in [6.07, 6.45) is 1.80. The van der Waals surface area contributed by atoms with E-state index in [0.717, 1.165) is 0 Å². The third kappa shape index (κ3) is 3.57. The SMILES string of the molecule is CC(O)CCN(C)C(=O)c1cccnc1Br. The van der Waals surface area contributed by atoms with E-state index < -0.39 is 6.10 Å². The van der Waals surface area contributed by atoms with Crippen molar-refractivity contribution >= 4 is 21.8 Å². The van der Waals surface area contributed by atoms with Crippen molar-refractivity contribution < 1.29 is 9.90 Å². The van der Waals surface area contributed by atoms with Gasteiger partial charge in [-0.2, -0.15) is 0 Å². The summed E-state index contributed by atoms with van der Waals surface area (Å²) in [7, 11) is 1.71. The van der Waals surface area contributed by atoms with Gasteiger partial charge in [-0.05, 0) is 41.4 Å². The average molecular weight is 287 g/mol. The maximum Gasteiger partial charge on any atom is 0.256 e. The Hall–Kier alpha value is -0.940. The van der Waals surface area contributed by atoms with E-state index in [0.29, 0.717) is 23.1 Å². The van der Waals surface area contributed by atoms with Crippen molar-refractivity contribution in [2.45, 2.75) is 19.4 Å².